The van der Waals surface area contributed by atoms with Crippen LogP contribution in [0.2, 0.25) is 0 Å². The number of aromatic nitrogens is 2. The highest BCUT2D eigenvalue weighted by molar-refractivity contribution is 5.49. The number of benzene rings is 2. The van der Waals surface area contributed by atoms with Crippen LogP contribution < -0.4 is 19.5 Å². The molecule has 146 valence electrons. The fraction of sp³-hybridized carbons (Fsp3) is 0.238. The normalized spacial score (nSPS) is 11.6. The van der Waals surface area contributed by atoms with E-state index in [1.165, 1.54) is 12.1 Å². The molecule has 3 aromatic rings. The van der Waals surface area contributed by atoms with Gasteiger partial charge in [0.25, 0.3) is 0 Å². The summed E-state index contributed by atoms with van der Waals surface area (Å²) in [6.45, 7) is 4.01. The minimum Gasteiger partial charge on any atom is -0.493 e. The van der Waals surface area contributed by atoms with Crippen LogP contribution in [-0.4, -0.2) is 24.2 Å². The van der Waals surface area contributed by atoms with Crippen LogP contribution in [0.15, 0.2) is 48.7 Å². The lowest BCUT2D eigenvalue weighted by Crippen LogP contribution is -2.11. The third-order valence-electron chi connectivity index (χ3n) is 4.25. The molecule has 28 heavy (non-hydrogen) atoms. The van der Waals surface area contributed by atoms with E-state index < -0.39 is 0 Å². The molecule has 2 aromatic carbocycles. The van der Waals surface area contributed by atoms with E-state index in [9.17, 15) is 4.39 Å². The molecule has 6 nitrogen and oxygen atoms in total. The summed E-state index contributed by atoms with van der Waals surface area (Å²) in [5, 5.41) is 3.26. The van der Waals surface area contributed by atoms with Crippen LogP contribution in [0, 0.1) is 12.7 Å². The zero-order valence-corrected chi connectivity index (χ0v) is 16.2. The number of halogens is 1. The highest BCUT2D eigenvalue weighted by Crippen LogP contribution is 2.33. The summed E-state index contributed by atoms with van der Waals surface area (Å²) >= 11 is 0. The Morgan fingerprint density at radius 2 is 1.68 bits per heavy atom. The maximum atomic E-state index is 13.0. The van der Waals surface area contributed by atoms with Crippen molar-refractivity contribution in [2.24, 2.45) is 0 Å². The highest BCUT2D eigenvalue weighted by Gasteiger charge is 2.15. The molecule has 3 rings (SSSR count). The number of nitrogens with one attached hydrogen (secondary N) is 1. The van der Waals surface area contributed by atoms with Gasteiger partial charge in [0.1, 0.15) is 11.6 Å². The number of anilines is 1. The first-order valence-electron chi connectivity index (χ1n) is 8.75. The Kier molecular flexibility index (Phi) is 5.93. The Labute approximate surface area is 163 Å². The molecule has 0 aliphatic rings. The number of ether oxygens (including phenoxy) is 3. The van der Waals surface area contributed by atoms with Gasteiger partial charge in [0.15, 0.2) is 11.5 Å². The molecule has 0 spiro atoms. The average Bonchev–Trinajstić information content (AvgIpc) is 2.69. The second-order valence-corrected chi connectivity index (χ2v) is 6.20. The van der Waals surface area contributed by atoms with E-state index in [2.05, 4.69) is 15.3 Å². The van der Waals surface area contributed by atoms with Gasteiger partial charge in [-0.3, -0.25) is 0 Å². The van der Waals surface area contributed by atoms with Gasteiger partial charge in [-0.15, -0.1) is 0 Å². The number of hydrogen-bond acceptors (Lipinski definition) is 6. The van der Waals surface area contributed by atoms with E-state index in [1.807, 2.05) is 26.0 Å². The molecule has 1 unspecified atom stereocenters. The highest BCUT2D eigenvalue weighted by atomic mass is 19.1. The maximum absolute atomic E-state index is 13.0. The molecule has 0 amide bonds. The number of nitrogens with zero attached hydrogens (tertiary/aromatic N) is 2. The second-order valence-electron chi connectivity index (χ2n) is 6.20. The summed E-state index contributed by atoms with van der Waals surface area (Å²) in [6, 6.07) is 11.2. The van der Waals surface area contributed by atoms with E-state index in [0.29, 0.717) is 29.1 Å². The number of rotatable bonds is 7. The van der Waals surface area contributed by atoms with E-state index in [0.717, 1.165) is 11.1 Å². The van der Waals surface area contributed by atoms with Gasteiger partial charge < -0.3 is 19.5 Å². The van der Waals surface area contributed by atoms with Gasteiger partial charge in [-0.1, -0.05) is 0 Å². The monoisotopic (exact) mass is 383 g/mol. The molecule has 0 saturated heterocycles. The summed E-state index contributed by atoms with van der Waals surface area (Å²) in [6.07, 6.45) is 1.60. The van der Waals surface area contributed by atoms with Crippen molar-refractivity contribution >= 4 is 5.95 Å². The van der Waals surface area contributed by atoms with Crippen molar-refractivity contribution in [1.82, 2.24) is 9.97 Å². The molecule has 1 heterocycles. The lowest BCUT2D eigenvalue weighted by molar-refractivity contribution is 0.354. The van der Waals surface area contributed by atoms with Crippen LogP contribution in [0.4, 0.5) is 10.3 Å². The van der Waals surface area contributed by atoms with Crippen LogP contribution in [0.25, 0.3) is 0 Å². The van der Waals surface area contributed by atoms with Gasteiger partial charge in [-0.2, -0.15) is 4.98 Å². The van der Waals surface area contributed by atoms with Gasteiger partial charge >= 0.3 is 0 Å². The average molecular weight is 383 g/mol. The maximum Gasteiger partial charge on any atom is 0.226 e. The fourth-order valence-electron chi connectivity index (χ4n) is 2.83. The van der Waals surface area contributed by atoms with E-state index >= 15 is 0 Å². The first-order valence-corrected chi connectivity index (χ1v) is 8.75. The molecule has 1 N–H and O–H groups in total. The van der Waals surface area contributed by atoms with Gasteiger partial charge in [-0.25, -0.2) is 9.37 Å². The number of hydrogen-bond donors (Lipinski definition) is 1. The summed E-state index contributed by atoms with van der Waals surface area (Å²) < 4.78 is 29.4. The molecule has 0 fully saturated rings. The Balaban J connectivity index is 1.77. The summed E-state index contributed by atoms with van der Waals surface area (Å²) in [5.41, 5.74) is 2.09. The van der Waals surface area contributed by atoms with Crippen LogP contribution in [0.3, 0.4) is 0 Å². The third kappa shape index (κ3) is 4.49. The molecule has 1 atom stereocenters. The van der Waals surface area contributed by atoms with Crippen molar-refractivity contribution in [2.75, 3.05) is 19.5 Å². The van der Waals surface area contributed by atoms with Crippen molar-refractivity contribution in [3.63, 3.8) is 0 Å². The van der Waals surface area contributed by atoms with Gasteiger partial charge in [-0.05, 0) is 61.4 Å². The minimum atomic E-state index is -0.323. The van der Waals surface area contributed by atoms with Crippen molar-refractivity contribution in [1.29, 1.82) is 0 Å². The Morgan fingerprint density at radius 1 is 1.00 bits per heavy atom. The van der Waals surface area contributed by atoms with Crippen LogP contribution >= 0.6 is 0 Å². The van der Waals surface area contributed by atoms with E-state index in [4.69, 9.17) is 14.2 Å². The van der Waals surface area contributed by atoms with E-state index in [-0.39, 0.29) is 11.9 Å². The van der Waals surface area contributed by atoms with Crippen LogP contribution in [0.1, 0.15) is 24.1 Å². The van der Waals surface area contributed by atoms with Crippen molar-refractivity contribution < 1.29 is 18.6 Å². The molecule has 0 saturated carbocycles. The topological polar surface area (TPSA) is 65.5 Å². The third-order valence-corrected chi connectivity index (χ3v) is 4.25. The smallest absolute Gasteiger partial charge is 0.226 e. The largest absolute Gasteiger partial charge is 0.493 e. The lowest BCUT2D eigenvalue weighted by atomic mass is 10.0. The summed E-state index contributed by atoms with van der Waals surface area (Å²) in [4.78, 5) is 8.62. The van der Waals surface area contributed by atoms with E-state index in [1.54, 1.807) is 38.6 Å². The summed E-state index contributed by atoms with van der Waals surface area (Å²) in [5.74, 6) is 2.29. The van der Waals surface area contributed by atoms with Crippen molar-refractivity contribution in [2.45, 2.75) is 19.9 Å². The van der Waals surface area contributed by atoms with Crippen LogP contribution in [-0.2, 0) is 0 Å². The number of aryl methyl sites for hydroxylation is 1. The predicted octanol–water partition coefficient (Wildman–Crippen LogP) is 4.91. The first kappa shape index (κ1) is 19.4. The Morgan fingerprint density at radius 3 is 2.36 bits per heavy atom. The lowest BCUT2D eigenvalue weighted by Gasteiger charge is -2.19. The van der Waals surface area contributed by atoms with Gasteiger partial charge in [0.05, 0.1) is 20.3 Å². The molecule has 0 aliphatic carbocycles. The molecule has 1 aromatic heterocycles. The molecule has 7 heteroatoms. The second kappa shape index (κ2) is 8.56. The Hall–Kier alpha value is -3.35. The fourth-order valence-corrected chi connectivity index (χ4v) is 2.83. The molecule has 0 aliphatic heterocycles. The Bertz CT molecular complexity index is 948. The van der Waals surface area contributed by atoms with Gasteiger partial charge in [0, 0.05) is 12.3 Å². The number of methoxy groups -OCH3 is 2. The molecular formula is C21H22FN3O3. The van der Waals surface area contributed by atoms with Crippen molar-refractivity contribution in [3.05, 3.63) is 65.6 Å². The molecule has 0 radical (unpaired) electrons. The molecular weight excluding hydrogens is 361 g/mol. The van der Waals surface area contributed by atoms with Gasteiger partial charge in [0.2, 0.25) is 11.8 Å². The standard InChI is InChI=1S/C21H22FN3O3/c1-13-11-18(26-3)19(27-4)12-17(13)14(2)24-21-23-10-9-20(25-21)28-16-7-5-15(22)6-8-16/h5-12,14H,1-4H3,(H,23,24,25). The zero-order valence-electron chi connectivity index (χ0n) is 16.2. The first-order chi connectivity index (χ1) is 13.5. The quantitative estimate of drug-likeness (QED) is 0.626. The predicted molar refractivity (Wildman–Crippen MR) is 105 cm³/mol. The zero-order chi connectivity index (χ0) is 20.1. The minimum absolute atomic E-state index is 0.0825. The summed E-state index contributed by atoms with van der Waals surface area (Å²) in [7, 11) is 3.22. The SMILES string of the molecule is COc1cc(C)c(C(C)Nc2nccc(Oc3ccc(F)cc3)n2)cc1OC. The van der Waals surface area contributed by atoms with Crippen LogP contribution in [0.5, 0.6) is 23.1 Å². The van der Waals surface area contributed by atoms with Crippen molar-refractivity contribution in [3.8, 4) is 23.1 Å². The molecule has 0 bridgehead atoms.